The molecule has 2 aromatic rings. The van der Waals surface area contributed by atoms with Crippen LogP contribution in [0, 0.1) is 12.8 Å². The van der Waals surface area contributed by atoms with Gasteiger partial charge < -0.3 is 5.32 Å². The van der Waals surface area contributed by atoms with Crippen molar-refractivity contribution in [2.45, 2.75) is 46.1 Å². The Hall–Kier alpha value is -2.43. The summed E-state index contributed by atoms with van der Waals surface area (Å²) in [6.07, 6.45) is 2.49. The topological polar surface area (TPSA) is 59.8 Å². The highest BCUT2D eigenvalue weighted by atomic mass is 16.1. The zero-order valence-electron chi connectivity index (χ0n) is 14.3. The van der Waals surface area contributed by atoms with E-state index in [0.717, 1.165) is 35.6 Å². The molecule has 2 atom stereocenters. The molecule has 1 N–H and O–H groups in total. The van der Waals surface area contributed by atoms with Crippen molar-refractivity contribution in [1.29, 1.82) is 0 Å². The van der Waals surface area contributed by atoms with E-state index in [2.05, 4.69) is 53.5 Å². The molecule has 0 radical (unpaired) electrons. The van der Waals surface area contributed by atoms with Crippen molar-refractivity contribution in [3.63, 3.8) is 0 Å². The van der Waals surface area contributed by atoms with Crippen LogP contribution in [0.1, 0.15) is 49.7 Å². The summed E-state index contributed by atoms with van der Waals surface area (Å²) >= 11 is 0. The fourth-order valence-electron chi connectivity index (χ4n) is 3.76. The second-order valence-electron chi connectivity index (χ2n) is 6.88. The maximum absolute atomic E-state index is 12.8. The lowest BCUT2D eigenvalue weighted by molar-refractivity contribution is -0.117. The van der Waals surface area contributed by atoms with Crippen molar-refractivity contribution < 1.29 is 4.79 Å². The summed E-state index contributed by atoms with van der Waals surface area (Å²) in [4.78, 5) is 17.3. The number of anilines is 1. The van der Waals surface area contributed by atoms with Crippen LogP contribution in [0.5, 0.6) is 0 Å². The molecule has 0 bridgehead atoms. The first-order valence-corrected chi connectivity index (χ1v) is 8.62. The SMILES string of the molecule is CCc1ccc([C@H]2C3=C(C[C@@H](C)CC3=O)Nc3nc(C)nn32)cc1. The van der Waals surface area contributed by atoms with Gasteiger partial charge in [-0.25, -0.2) is 4.68 Å². The van der Waals surface area contributed by atoms with Crippen LogP contribution in [-0.2, 0) is 11.2 Å². The molecule has 1 aromatic heterocycles. The molecule has 0 fully saturated rings. The molecular formula is C19H22N4O. The number of Topliss-reactive ketones (excluding diaryl/α,β-unsaturated/α-hetero) is 1. The molecule has 0 amide bonds. The van der Waals surface area contributed by atoms with Gasteiger partial charge in [-0.05, 0) is 36.8 Å². The third-order valence-corrected chi connectivity index (χ3v) is 4.93. The van der Waals surface area contributed by atoms with Crippen LogP contribution < -0.4 is 5.32 Å². The van der Waals surface area contributed by atoms with E-state index in [4.69, 9.17) is 0 Å². The number of ketones is 1. The van der Waals surface area contributed by atoms with Gasteiger partial charge in [0.05, 0.1) is 0 Å². The monoisotopic (exact) mass is 322 g/mol. The van der Waals surface area contributed by atoms with Gasteiger partial charge in [0.2, 0.25) is 5.95 Å². The van der Waals surface area contributed by atoms with Crippen molar-refractivity contribution in [2.24, 2.45) is 5.92 Å². The average molecular weight is 322 g/mol. The Balaban J connectivity index is 1.87. The van der Waals surface area contributed by atoms with Crippen molar-refractivity contribution >= 4 is 11.7 Å². The number of aromatic nitrogens is 3. The molecule has 1 aliphatic carbocycles. The third kappa shape index (κ3) is 2.35. The lowest BCUT2D eigenvalue weighted by Gasteiger charge is -2.34. The number of hydrogen-bond acceptors (Lipinski definition) is 4. The van der Waals surface area contributed by atoms with Crippen LogP contribution >= 0.6 is 0 Å². The number of carbonyl (C=O) groups is 1. The van der Waals surface area contributed by atoms with Gasteiger partial charge >= 0.3 is 0 Å². The van der Waals surface area contributed by atoms with Crippen LogP contribution in [0.3, 0.4) is 0 Å². The number of benzene rings is 1. The fraction of sp³-hybridized carbons (Fsp3) is 0.421. The molecule has 0 spiro atoms. The van der Waals surface area contributed by atoms with Crippen LogP contribution in [0.2, 0.25) is 0 Å². The van der Waals surface area contributed by atoms with Gasteiger partial charge in [0.1, 0.15) is 11.9 Å². The van der Waals surface area contributed by atoms with E-state index < -0.39 is 0 Å². The van der Waals surface area contributed by atoms with Crippen molar-refractivity contribution in [3.05, 3.63) is 52.5 Å². The number of rotatable bonds is 2. The van der Waals surface area contributed by atoms with Gasteiger partial charge in [0, 0.05) is 17.7 Å². The maximum Gasteiger partial charge on any atom is 0.226 e. The predicted molar refractivity (Wildman–Crippen MR) is 92.8 cm³/mol. The van der Waals surface area contributed by atoms with E-state index in [1.165, 1.54) is 5.56 Å². The van der Waals surface area contributed by atoms with Gasteiger partial charge in [-0.1, -0.05) is 38.1 Å². The van der Waals surface area contributed by atoms with E-state index in [0.29, 0.717) is 18.2 Å². The molecule has 1 aliphatic heterocycles. The first-order valence-electron chi connectivity index (χ1n) is 8.62. The fourth-order valence-corrected chi connectivity index (χ4v) is 3.76. The number of fused-ring (bicyclic) bond motifs is 1. The Morgan fingerprint density at radius 3 is 2.71 bits per heavy atom. The highest BCUT2D eigenvalue weighted by molar-refractivity contribution is 5.99. The van der Waals surface area contributed by atoms with Gasteiger partial charge in [-0.2, -0.15) is 10.1 Å². The van der Waals surface area contributed by atoms with Gasteiger partial charge in [0.15, 0.2) is 5.78 Å². The molecule has 2 heterocycles. The summed E-state index contributed by atoms with van der Waals surface area (Å²) in [6.45, 7) is 6.15. The molecule has 2 aliphatic rings. The van der Waals surface area contributed by atoms with Crippen molar-refractivity contribution in [3.8, 4) is 0 Å². The summed E-state index contributed by atoms with van der Waals surface area (Å²) in [5, 5.41) is 7.90. The first-order chi connectivity index (χ1) is 11.6. The number of allylic oxidation sites excluding steroid dienone is 2. The smallest absolute Gasteiger partial charge is 0.226 e. The quantitative estimate of drug-likeness (QED) is 0.920. The number of carbonyl (C=O) groups excluding carboxylic acids is 1. The van der Waals surface area contributed by atoms with Crippen LogP contribution in [0.25, 0.3) is 0 Å². The Bertz CT molecular complexity index is 832. The Labute approximate surface area is 141 Å². The maximum atomic E-state index is 12.8. The summed E-state index contributed by atoms with van der Waals surface area (Å²) < 4.78 is 1.86. The van der Waals surface area contributed by atoms with E-state index in [-0.39, 0.29) is 11.8 Å². The molecule has 0 saturated heterocycles. The highest BCUT2D eigenvalue weighted by Crippen LogP contribution is 2.41. The first kappa shape index (κ1) is 15.1. The zero-order chi connectivity index (χ0) is 16.8. The molecule has 0 unspecified atom stereocenters. The molecule has 24 heavy (non-hydrogen) atoms. The minimum Gasteiger partial charge on any atom is -0.328 e. The van der Waals surface area contributed by atoms with Crippen molar-refractivity contribution in [2.75, 3.05) is 5.32 Å². The Morgan fingerprint density at radius 1 is 1.25 bits per heavy atom. The van der Waals surface area contributed by atoms with Gasteiger partial charge in [0.25, 0.3) is 0 Å². The Kier molecular flexibility index (Phi) is 3.52. The third-order valence-electron chi connectivity index (χ3n) is 4.93. The molecule has 5 nitrogen and oxygen atoms in total. The lowest BCUT2D eigenvalue weighted by atomic mass is 9.81. The largest absolute Gasteiger partial charge is 0.328 e. The van der Waals surface area contributed by atoms with Crippen LogP contribution in [0.4, 0.5) is 5.95 Å². The summed E-state index contributed by atoms with van der Waals surface area (Å²) in [5.74, 6) is 2.03. The number of hydrogen-bond donors (Lipinski definition) is 1. The zero-order valence-corrected chi connectivity index (χ0v) is 14.3. The number of aryl methyl sites for hydroxylation is 2. The normalized spacial score (nSPS) is 22.9. The van der Waals surface area contributed by atoms with Crippen LogP contribution in [0.15, 0.2) is 35.5 Å². The van der Waals surface area contributed by atoms with Crippen LogP contribution in [-0.4, -0.2) is 20.5 Å². The lowest BCUT2D eigenvalue weighted by Crippen LogP contribution is -2.33. The molecule has 5 heteroatoms. The second-order valence-corrected chi connectivity index (χ2v) is 6.88. The molecule has 124 valence electrons. The Morgan fingerprint density at radius 2 is 2.00 bits per heavy atom. The number of nitrogens with zero attached hydrogens (tertiary/aromatic N) is 3. The van der Waals surface area contributed by atoms with E-state index >= 15 is 0 Å². The van der Waals surface area contributed by atoms with Crippen molar-refractivity contribution in [1.82, 2.24) is 14.8 Å². The second kappa shape index (κ2) is 5.58. The molecule has 1 aromatic carbocycles. The standard InChI is InChI=1S/C19H22N4O/c1-4-13-5-7-14(8-6-13)18-17-15(9-11(2)10-16(17)24)21-19-20-12(3)22-23(18)19/h5-8,11,18H,4,9-10H2,1-3H3,(H,20,21,22)/t11-,18+/m1/s1. The minimum absolute atomic E-state index is 0.177. The molecule has 4 rings (SSSR count). The minimum atomic E-state index is -0.177. The van der Waals surface area contributed by atoms with E-state index in [1.807, 2.05) is 11.6 Å². The van der Waals surface area contributed by atoms with E-state index in [9.17, 15) is 4.79 Å². The highest BCUT2D eigenvalue weighted by Gasteiger charge is 2.38. The summed E-state index contributed by atoms with van der Waals surface area (Å²) in [5.41, 5.74) is 4.26. The van der Waals surface area contributed by atoms with Gasteiger partial charge in [-0.3, -0.25) is 4.79 Å². The summed E-state index contributed by atoms with van der Waals surface area (Å²) in [6, 6.07) is 8.33. The van der Waals surface area contributed by atoms with E-state index in [1.54, 1.807) is 0 Å². The number of nitrogens with one attached hydrogen (secondary N) is 1. The predicted octanol–water partition coefficient (Wildman–Crippen LogP) is 3.42. The summed E-state index contributed by atoms with van der Waals surface area (Å²) in [7, 11) is 0. The molecular weight excluding hydrogens is 300 g/mol. The average Bonchev–Trinajstić information content (AvgIpc) is 2.92. The molecule has 0 saturated carbocycles. The van der Waals surface area contributed by atoms with Gasteiger partial charge in [-0.15, -0.1) is 0 Å².